The lowest BCUT2D eigenvalue weighted by Gasteiger charge is -2.29. The molecule has 1 fully saturated rings. The fourth-order valence-electron chi connectivity index (χ4n) is 2.71. The zero-order chi connectivity index (χ0) is 13.7. The van der Waals surface area contributed by atoms with Crippen LogP contribution < -0.4 is 5.32 Å². The molecule has 0 atom stereocenters. The number of hydrogen-bond acceptors (Lipinski definition) is 4. The number of sulfonamides is 1. The fraction of sp³-hybridized carbons (Fsp3) is 0.846. The Morgan fingerprint density at radius 3 is 2.74 bits per heavy atom. The van der Waals surface area contributed by atoms with E-state index in [1.807, 2.05) is 6.08 Å². The van der Waals surface area contributed by atoms with Crippen LogP contribution >= 0.6 is 0 Å². The monoisotopic (exact) mass is 288 g/mol. The molecule has 0 aromatic heterocycles. The second kappa shape index (κ2) is 6.83. The van der Waals surface area contributed by atoms with E-state index in [9.17, 15) is 8.42 Å². The highest BCUT2D eigenvalue weighted by Gasteiger charge is 2.28. The van der Waals surface area contributed by atoms with Gasteiger partial charge in [0.2, 0.25) is 10.0 Å². The van der Waals surface area contributed by atoms with Gasteiger partial charge in [0.1, 0.15) is 0 Å². The van der Waals surface area contributed by atoms with Gasteiger partial charge < -0.3 is 10.1 Å². The van der Waals surface area contributed by atoms with Gasteiger partial charge >= 0.3 is 0 Å². The van der Waals surface area contributed by atoms with E-state index in [4.69, 9.17) is 4.74 Å². The molecule has 0 unspecified atom stereocenters. The third-order valence-electron chi connectivity index (χ3n) is 3.89. The molecule has 1 N–H and O–H groups in total. The molecule has 1 saturated heterocycles. The van der Waals surface area contributed by atoms with E-state index in [0.717, 1.165) is 32.4 Å². The Hall–Kier alpha value is -0.430. The molecule has 6 heteroatoms. The Labute approximate surface area is 116 Å². The summed E-state index contributed by atoms with van der Waals surface area (Å²) in [5.41, 5.74) is 1.20. The Balaban J connectivity index is 1.89. The van der Waals surface area contributed by atoms with Crippen LogP contribution in [-0.2, 0) is 14.8 Å². The summed E-state index contributed by atoms with van der Waals surface area (Å²) in [5.74, 6) is 0.623. The Bertz CT molecular complexity index is 414. The average molecular weight is 288 g/mol. The van der Waals surface area contributed by atoms with Crippen molar-refractivity contribution in [3.8, 4) is 0 Å². The third kappa shape index (κ3) is 4.27. The molecule has 2 aliphatic rings. The van der Waals surface area contributed by atoms with Crippen LogP contribution in [0.25, 0.3) is 0 Å². The molecule has 5 nitrogen and oxygen atoms in total. The van der Waals surface area contributed by atoms with E-state index in [2.05, 4.69) is 5.32 Å². The van der Waals surface area contributed by atoms with Gasteiger partial charge in [-0.3, -0.25) is 0 Å². The molecular formula is C13H24N2O3S. The summed E-state index contributed by atoms with van der Waals surface area (Å²) in [6, 6.07) is 0. The van der Waals surface area contributed by atoms with E-state index >= 15 is 0 Å². The Kier molecular flexibility index (Phi) is 5.38. The van der Waals surface area contributed by atoms with E-state index in [1.54, 1.807) is 11.4 Å². The maximum atomic E-state index is 12.4. The molecule has 0 aromatic rings. The SMILES string of the molecule is COCC1=CCN(S(=O)(=O)CC2CCNCC2)CC1. The predicted molar refractivity (Wildman–Crippen MR) is 75.5 cm³/mol. The van der Waals surface area contributed by atoms with Crippen LogP contribution in [0.3, 0.4) is 0 Å². The summed E-state index contributed by atoms with van der Waals surface area (Å²) in [7, 11) is -1.43. The number of methoxy groups -OCH3 is 1. The third-order valence-corrected chi connectivity index (χ3v) is 5.91. The highest BCUT2D eigenvalue weighted by Crippen LogP contribution is 2.20. The number of nitrogens with zero attached hydrogens (tertiary/aromatic N) is 1. The largest absolute Gasteiger partial charge is 0.380 e. The van der Waals surface area contributed by atoms with Crippen LogP contribution in [0.2, 0.25) is 0 Å². The first-order valence-corrected chi connectivity index (χ1v) is 8.58. The summed E-state index contributed by atoms with van der Waals surface area (Å²) in [6.07, 6.45) is 4.72. The summed E-state index contributed by atoms with van der Waals surface area (Å²) in [6.45, 7) is 3.60. The van der Waals surface area contributed by atoms with Crippen molar-refractivity contribution in [1.82, 2.24) is 9.62 Å². The smallest absolute Gasteiger partial charge is 0.214 e. The van der Waals surface area contributed by atoms with E-state index in [-0.39, 0.29) is 0 Å². The van der Waals surface area contributed by atoms with Crippen LogP contribution in [0.4, 0.5) is 0 Å². The van der Waals surface area contributed by atoms with Crippen LogP contribution in [0.1, 0.15) is 19.3 Å². The van der Waals surface area contributed by atoms with Gasteiger partial charge in [-0.25, -0.2) is 8.42 Å². The van der Waals surface area contributed by atoms with Crippen molar-refractivity contribution in [1.29, 1.82) is 0 Å². The average Bonchev–Trinajstić information content (AvgIpc) is 2.40. The normalized spacial score (nSPS) is 23.3. The number of rotatable bonds is 5. The fourth-order valence-corrected chi connectivity index (χ4v) is 4.52. The maximum absolute atomic E-state index is 12.4. The highest BCUT2D eigenvalue weighted by molar-refractivity contribution is 7.89. The zero-order valence-corrected chi connectivity index (χ0v) is 12.4. The van der Waals surface area contributed by atoms with Crippen molar-refractivity contribution >= 4 is 10.0 Å². The molecule has 0 amide bonds. The second-order valence-corrected chi connectivity index (χ2v) is 7.39. The summed E-state index contributed by atoms with van der Waals surface area (Å²) >= 11 is 0. The summed E-state index contributed by atoms with van der Waals surface area (Å²) < 4.78 is 31.4. The van der Waals surface area contributed by atoms with E-state index in [0.29, 0.717) is 31.4 Å². The zero-order valence-electron chi connectivity index (χ0n) is 11.6. The van der Waals surface area contributed by atoms with Gasteiger partial charge in [-0.15, -0.1) is 0 Å². The van der Waals surface area contributed by atoms with Crippen molar-refractivity contribution in [3.05, 3.63) is 11.6 Å². The molecule has 2 heterocycles. The molecule has 0 aromatic carbocycles. The second-order valence-electron chi connectivity index (χ2n) is 5.38. The first-order valence-electron chi connectivity index (χ1n) is 6.97. The van der Waals surface area contributed by atoms with Crippen molar-refractivity contribution < 1.29 is 13.2 Å². The van der Waals surface area contributed by atoms with Gasteiger partial charge in [0.05, 0.1) is 12.4 Å². The lowest BCUT2D eigenvalue weighted by molar-refractivity contribution is 0.219. The van der Waals surface area contributed by atoms with Crippen molar-refractivity contribution in [3.63, 3.8) is 0 Å². The minimum absolute atomic E-state index is 0.308. The lowest BCUT2D eigenvalue weighted by atomic mass is 10.0. The molecule has 19 heavy (non-hydrogen) atoms. The molecule has 2 rings (SSSR count). The van der Waals surface area contributed by atoms with E-state index in [1.165, 1.54) is 5.57 Å². The molecule has 0 aliphatic carbocycles. The van der Waals surface area contributed by atoms with Gasteiger partial charge in [0, 0.05) is 20.2 Å². The van der Waals surface area contributed by atoms with Gasteiger partial charge in [-0.05, 0) is 43.8 Å². The van der Waals surface area contributed by atoms with Crippen LogP contribution in [0, 0.1) is 5.92 Å². The first-order chi connectivity index (χ1) is 9.12. The number of hydrogen-bond donors (Lipinski definition) is 1. The van der Waals surface area contributed by atoms with Crippen molar-refractivity contribution in [2.24, 2.45) is 5.92 Å². The van der Waals surface area contributed by atoms with Gasteiger partial charge in [-0.1, -0.05) is 6.08 Å². The number of ether oxygens (including phenoxy) is 1. The molecule has 0 bridgehead atoms. The van der Waals surface area contributed by atoms with E-state index < -0.39 is 10.0 Å². The Morgan fingerprint density at radius 2 is 2.16 bits per heavy atom. The van der Waals surface area contributed by atoms with Crippen LogP contribution in [0.15, 0.2) is 11.6 Å². The van der Waals surface area contributed by atoms with Crippen molar-refractivity contribution in [2.75, 3.05) is 45.6 Å². The van der Waals surface area contributed by atoms with Gasteiger partial charge in [0.15, 0.2) is 0 Å². The predicted octanol–water partition coefficient (Wildman–Crippen LogP) is 0.594. The number of nitrogens with one attached hydrogen (secondary N) is 1. The molecule has 0 spiro atoms. The molecule has 2 aliphatic heterocycles. The molecule has 0 radical (unpaired) electrons. The molecule has 0 saturated carbocycles. The maximum Gasteiger partial charge on any atom is 0.214 e. The van der Waals surface area contributed by atoms with Crippen LogP contribution in [0.5, 0.6) is 0 Å². The minimum Gasteiger partial charge on any atom is -0.380 e. The quantitative estimate of drug-likeness (QED) is 0.753. The minimum atomic E-state index is -3.10. The van der Waals surface area contributed by atoms with Gasteiger partial charge in [0.25, 0.3) is 0 Å². The summed E-state index contributed by atoms with van der Waals surface area (Å²) in [4.78, 5) is 0. The topological polar surface area (TPSA) is 58.6 Å². The van der Waals surface area contributed by atoms with Crippen molar-refractivity contribution in [2.45, 2.75) is 19.3 Å². The van der Waals surface area contributed by atoms with Crippen LogP contribution in [-0.4, -0.2) is 58.4 Å². The highest BCUT2D eigenvalue weighted by atomic mass is 32.2. The lowest BCUT2D eigenvalue weighted by Crippen LogP contribution is -2.40. The van der Waals surface area contributed by atoms with Gasteiger partial charge in [-0.2, -0.15) is 4.31 Å². The molecular weight excluding hydrogens is 264 g/mol. The summed E-state index contributed by atoms with van der Waals surface area (Å²) in [5, 5.41) is 3.27. The Morgan fingerprint density at radius 1 is 1.42 bits per heavy atom. The number of piperidine rings is 1. The standard InChI is InChI=1S/C13H24N2O3S/c1-18-10-12-4-8-15(9-5-12)19(16,17)11-13-2-6-14-7-3-13/h4,13-14H,2-3,5-11H2,1H3. The first kappa shape index (κ1) is 15.0. The molecule has 110 valence electrons.